The second-order valence-corrected chi connectivity index (χ2v) is 4.16. The molecule has 1 aliphatic heterocycles. The first-order valence-electron chi connectivity index (χ1n) is 6.19. The summed E-state index contributed by atoms with van der Waals surface area (Å²) in [7, 11) is 0. The number of hydrogen-bond donors (Lipinski definition) is 1. The van der Waals surface area contributed by atoms with Crippen molar-refractivity contribution in [1.29, 1.82) is 0 Å². The van der Waals surface area contributed by atoms with E-state index in [1.165, 1.54) is 0 Å². The lowest BCUT2D eigenvalue weighted by Crippen LogP contribution is -2.57. The third-order valence-electron chi connectivity index (χ3n) is 3.11. The standard InChI is InChI=1S/C12H20N4O/c1-4-16(10-6-13-7-10)11-9(3)12(17-5-2)15-8-14-11/h8,10,13H,4-7H2,1-3H3. The van der Waals surface area contributed by atoms with Crippen LogP contribution in [0.15, 0.2) is 6.33 Å². The Morgan fingerprint density at radius 2 is 2.18 bits per heavy atom. The van der Waals surface area contributed by atoms with Crippen molar-refractivity contribution in [1.82, 2.24) is 15.3 Å². The number of ether oxygens (including phenoxy) is 1. The van der Waals surface area contributed by atoms with Crippen molar-refractivity contribution in [2.75, 3.05) is 31.1 Å². The van der Waals surface area contributed by atoms with E-state index >= 15 is 0 Å². The van der Waals surface area contributed by atoms with Crippen LogP contribution in [0.5, 0.6) is 5.88 Å². The predicted octanol–water partition coefficient (Wildman–Crippen LogP) is 0.982. The Morgan fingerprint density at radius 3 is 2.71 bits per heavy atom. The predicted molar refractivity (Wildman–Crippen MR) is 67.6 cm³/mol. The van der Waals surface area contributed by atoms with E-state index in [0.717, 1.165) is 31.0 Å². The normalized spacial score (nSPS) is 15.5. The van der Waals surface area contributed by atoms with Gasteiger partial charge < -0.3 is 15.0 Å². The molecule has 2 heterocycles. The third-order valence-corrected chi connectivity index (χ3v) is 3.11. The van der Waals surface area contributed by atoms with Gasteiger partial charge in [-0.25, -0.2) is 9.97 Å². The number of likely N-dealkylation sites (N-methyl/N-ethyl adjacent to an activating group) is 1. The summed E-state index contributed by atoms with van der Waals surface area (Å²) in [5.74, 6) is 1.70. The van der Waals surface area contributed by atoms with Crippen molar-refractivity contribution >= 4 is 5.82 Å². The second-order valence-electron chi connectivity index (χ2n) is 4.16. The molecule has 5 nitrogen and oxygen atoms in total. The Balaban J connectivity index is 2.26. The molecule has 17 heavy (non-hydrogen) atoms. The zero-order chi connectivity index (χ0) is 12.3. The summed E-state index contributed by atoms with van der Waals surface area (Å²) in [6, 6.07) is 0.545. The van der Waals surface area contributed by atoms with Crippen LogP contribution >= 0.6 is 0 Å². The van der Waals surface area contributed by atoms with E-state index in [4.69, 9.17) is 4.74 Å². The van der Waals surface area contributed by atoms with Gasteiger partial charge in [0.15, 0.2) is 0 Å². The van der Waals surface area contributed by atoms with Crippen LogP contribution in [0.25, 0.3) is 0 Å². The SMILES string of the molecule is CCOc1ncnc(N(CC)C2CNC2)c1C. The van der Waals surface area contributed by atoms with Crippen LogP contribution in [0.3, 0.4) is 0 Å². The molecule has 0 saturated carbocycles. The molecule has 0 amide bonds. The maximum atomic E-state index is 5.51. The highest BCUT2D eigenvalue weighted by atomic mass is 16.5. The molecule has 0 spiro atoms. The van der Waals surface area contributed by atoms with Gasteiger partial charge in [0.1, 0.15) is 12.1 Å². The molecule has 0 bridgehead atoms. The molecular weight excluding hydrogens is 216 g/mol. The van der Waals surface area contributed by atoms with E-state index in [0.29, 0.717) is 18.5 Å². The molecule has 2 rings (SSSR count). The number of rotatable bonds is 5. The minimum atomic E-state index is 0.545. The molecule has 0 aliphatic carbocycles. The van der Waals surface area contributed by atoms with E-state index in [9.17, 15) is 0 Å². The van der Waals surface area contributed by atoms with Gasteiger partial charge in [-0.3, -0.25) is 0 Å². The molecule has 1 saturated heterocycles. The molecule has 0 unspecified atom stereocenters. The highest BCUT2D eigenvalue weighted by molar-refractivity contribution is 5.51. The second kappa shape index (κ2) is 5.31. The lowest BCUT2D eigenvalue weighted by Gasteiger charge is -2.39. The van der Waals surface area contributed by atoms with E-state index in [1.807, 2.05) is 13.8 Å². The number of nitrogens with zero attached hydrogens (tertiary/aromatic N) is 3. The van der Waals surface area contributed by atoms with Crippen LogP contribution in [0.2, 0.25) is 0 Å². The van der Waals surface area contributed by atoms with E-state index in [2.05, 4.69) is 27.1 Å². The molecule has 94 valence electrons. The summed E-state index contributed by atoms with van der Waals surface area (Å²) in [6.45, 7) is 9.79. The average molecular weight is 236 g/mol. The monoisotopic (exact) mass is 236 g/mol. The molecular formula is C12H20N4O. The van der Waals surface area contributed by atoms with Gasteiger partial charge >= 0.3 is 0 Å². The van der Waals surface area contributed by atoms with Crippen LogP contribution in [0, 0.1) is 6.92 Å². The molecule has 0 radical (unpaired) electrons. The van der Waals surface area contributed by atoms with Crippen molar-refractivity contribution in [2.45, 2.75) is 26.8 Å². The zero-order valence-corrected chi connectivity index (χ0v) is 10.7. The molecule has 1 fully saturated rings. The van der Waals surface area contributed by atoms with Gasteiger partial charge in [0, 0.05) is 19.6 Å². The first-order chi connectivity index (χ1) is 8.27. The quantitative estimate of drug-likeness (QED) is 0.826. The number of anilines is 1. The van der Waals surface area contributed by atoms with Gasteiger partial charge in [-0.05, 0) is 20.8 Å². The van der Waals surface area contributed by atoms with Gasteiger partial charge in [0.2, 0.25) is 5.88 Å². The van der Waals surface area contributed by atoms with Crippen molar-refractivity contribution < 1.29 is 4.74 Å². The zero-order valence-electron chi connectivity index (χ0n) is 10.7. The average Bonchev–Trinajstić information content (AvgIpc) is 2.27. The number of nitrogens with one attached hydrogen (secondary N) is 1. The van der Waals surface area contributed by atoms with Gasteiger partial charge in [0.25, 0.3) is 0 Å². The highest BCUT2D eigenvalue weighted by Crippen LogP contribution is 2.26. The molecule has 5 heteroatoms. The highest BCUT2D eigenvalue weighted by Gasteiger charge is 2.26. The maximum Gasteiger partial charge on any atom is 0.221 e. The lowest BCUT2D eigenvalue weighted by molar-refractivity contribution is 0.323. The summed E-state index contributed by atoms with van der Waals surface area (Å²) < 4.78 is 5.51. The van der Waals surface area contributed by atoms with Crippen LogP contribution < -0.4 is 15.0 Å². The van der Waals surface area contributed by atoms with Gasteiger partial charge in [0.05, 0.1) is 18.2 Å². The van der Waals surface area contributed by atoms with Crippen molar-refractivity contribution in [3.63, 3.8) is 0 Å². The molecule has 1 aliphatic rings. The van der Waals surface area contributed by atoms with Crippen LogP contribution in [0.4, 0.5) is 5.82 Å². The summed E-state index contributed by atoms with van der Waals surface area (Å²) in [5.41, 5.74) is 1.03. The number of hydrogen-bond acceptors (Lipinski definition) is 5. The Morgan fingerprint density at radius 1 is 1.41 bits per heavy atom. The van der Waals surface area contributed by atoms with Gasteiger partial charge in [-0.2, -0.15) is 0 Å². The van der Waals surface area contributed by atoms with Gasteiger partial charge in [-0.1, -0.05) is 0 Å². The maximum absolute atomic E-state index is 5.51. The van der Waals surface area contributed by atoms with E-state index in [-0.39, 0.29) is 0 Å². The molecule has 1 N–H and O–H groups in total. The van der Waals surface area contributed by atoms with E-state index in [1.54, 1.807) is 6.33 Å². The first kappa shape index (κ1) is 12.1. The summed E-state index contributed by atoms with van der Waals surface area (Å²) in [4.78, 5) is 10.9. The van der Waals surface area contributed by atoms with Crippen LogP contribution in [-0.2, 0) is 0 Å². The fourth-order valence-electron chi connectivity index (χ4n) is 2.07. The number of aromatic nitrogens is 2. The molecule has 0 atom stereocenters. The Hall–Kier alpha value is -1.36. The smallest absolute Gasteiger partial charge is 0.221 e. The summed E-state index contributed by atoms with van der Waals surface area (Å²) >= 11 is 0. The Labute approximate surface area is 102 Å². The Bertz CT molecular complexity index is 379. The van der Waals surface area contributed by atoms with Gasteiger partial charge in [-0.15, -0.1) is 0 Å². The fraction of sp³-hybridized carbons (Fsp3) is 0.667. The van der Waals surface area contributed by atoms with Crippen molar-refractivity contribution in [3.05, 3.63) is 11.9 Å². The lowest BCUT2D eigenvalue weighted by atomic mass is 10.1. The Kier molecular flexibility index (Phi) is 3.78. The summed E-state index contributed by atoms with van der Waals surface area (Å²) in [6.07, 6.45) is 1.59. The minimum Gasteiger partial charge on any atom is -0.478 e. The fourth-order valence-corrected chi connectivity index (χ4v) is 2.07. The molecule has 0 aromatic carbocycles. The largest absolute Gasteiger partial charge is 0.478 e. The minimum absolute atomic E-state index is 0.545. The summed E-state index contributed by atoms with van der Waals surface area (Å²) in [5, 5.41) is 3.29. The van der Waals surface area contributed by atoms with Crippen LogP contribution in [-0.4, -0.2) is 42.3 Å². The topological polar surface area (TPSA) is 50.3 Å². The third kappa shape index (κ3) is 2.34. The van der Waals surface area contributed by atoms with Crippen molar-refractivity contribution in [2.24, 2.45) is 0 Å². The van der Waals surface area contributed by atoms with Crippen LogP contribution in [0.1, 0.15) is 19.4 Å². The molecule has 1 aromatic rings. The van der Waals surface area contributed by atoms with E-state index < -0.39 is 0 Å². The molecule has 1 aromatic heterocycles. The first-order valence-corrected chi connectivity index (χ1v) is 6.19. The van der Waals surface area contributed by atoms with Crippen molar-refractivity contribution in [3.8, 4) is 5.88 Å².